The number of carbonyl (C=O) groups is 2. The number of hydrogen-bond acceptors (Lipinski definition) is 5. The second kappa shape index (κ2) is 11.7. The SMILES string of the molecule is O=C(NC(CCN1CC2CN(C(=O)CC3CCCCC3)C[C@@H]2C1)c1ccccc1)OC1CCOC1. The van der Waals surface area contributed by atoms with Gasteiger partial charge < -0.3 is 24.6 Å². The van der Waals surface area contributed by atoms with Crippen LogP contribution in [0.25, 0.3) is 0 Å². The van der Waals surface area contributed by atoms with E-state index in [0.29, 0.717) is 36.9 Å². The number of carbonyl (C=O) groups excluding carboxylic acids is 2. The minimum absolute atomic E-state index is 0.0833. The summed E-state index contributed by atoms with van der Waals surface area (Å²) in [4.78, 5) is 30.1. The predicted octanol–water partition coefficient (Wildman–Crippen LogP) is 3.99. The number of likely N-dealkylation sites (tertiary alicyclic amines) is 2. The summed E-state index contributed by atoms with van der Waals surface area (Å²) in [5.41, 5.74) is 1.10. The van der Waals surface area contributed by atoms with Crippen molar-refractivity contribution in [1.29, 1.82) is 0 Å². The number of ether oxygens (including phenoxy) is 2. The van der Waals surface area contributed by atoms with Crippen LogP contribution in [0.4, 0.5) is 4.79 Å². The minimum atomic E-state index is -0.361. The van der Waals surface area contributed by atoms with Gasteiger partial charge in [0.2, 0.25) is 5.91 Å². The first-order valence-corrected chi connectivity index (χ1v) is 13.7. The maximum Gasteiger partial charge on any atom is 0.407 e. The number of alkyl carbamates (subject to hydrolysis) is 1. The molecule has 0 radical (unpaired) electrons. The number of benzene rings is 1. The highest BCUT2D eigenvalue weighted by Crippen LogP contribution is 2.34. The van der Waals surface area contributed by atoms with E-state index in [9.17, 15) is 9.59 Å². The molecule has 3 heterocycles. The van der Waals surface area contributed by atoms with Crippen LogP contribution in [0, 0.1) is 17.8 Å². The summed E-state index contributed by atoms with van der Waals surface area (Å²) in [6, 6.07) is 10.1. The zero-order valence-electron chi connectivity index (χ0n) is 20.9. The van der Waals surface area contributed by atoms with Crippen LogP contribution in [-0.4, -0.2) is 73.8 Å². The average molecular weight is 484 g/mol. The number of fused-ring (bicyclic) bond motifs is 1. The van der Waals surface area contributed by atoms with E-state index in [1.807, 2.05) is 18.2 Å². The second-order valence-corrected chi connectivity index (χ2v) is 11.1. The topological polar surface area (TPSA) is 71.1 Å². The van der Waals surface area contributed by atoms with Crippen molar-refractivity contribution >= 4 is 12.0 Å². The zero-order valence-corrected chi connectivity index (χ0v) is 20.9. The van der Waals surface area contributed by atoms with E-state index >= 15 is 0 Å². The summed E-state index contributed by atoms with van der Waals surface area (Å²) in [5, 5.41) is 3.10. The van der Waals surface area contributed by atoms with Gasteiger partial charge in [-0.3, -0.25) is 4.79 Å². The number of nitrogens with one attached hydrogen (secondary N) is 1. The van der Waals surface area contributed by atoms with Crippen molar-refractivity contribution in [3.05, 3.63) is 35.9 Å². The molecule has 7 nitrogen and oxygen atoms in total. The van der Waals surface area contributed by atoms with Crippen molar-refractivity contribution in [2.24, 2.45) is 17.8 Å². The standard InChI is InChI=1S/C28H41N3O4/c32-27(15-21-7-3-1-4-8-21)31-18-23-16-30(17-24(23)19-31)13-11-26(22-9-5-2-6-10-22)29-28(33)35-25-12-14-34-20-25/h2,5-6,9-10,21,23-26H,1,3-4,7-8,11-20H2,(H,29,33)/t23-,24?,25?,26?/m0/s1. The van der Waals surface area contributed by atoms with Crippen molar-refractivity contribution in [3.8, 4) is 0 Å². The van der Waals surface area contributed by atoms with Gasteiger partial charge in [0.05, 0.1) is 19.3 Å². The number of amides is 2. The molecule has 4 atom stereocenters. The molecule has 192 valence electrons. The molecule has 1 N–H and O–H groups in total. The number of rotatable bonds is 8. The summed E-state index contributed by atoms with van der Waals surface area (Å²) < 4.78 is 10.9. The van der Waals surface area contributed by atoms with Gasteiger partial charge in [-0.1, -0.05) is 49.6 Å². The molecule has 4 aliphatic rings. The molecular weight excluding hydrogens is 442 g/mol. The molecule has 1 aromatic rings. The first-order chi connectivity index (χ1) is 17.1. The Morgan fingerprint density at radius 1 is 1.00 bits per heavy atom. The summed E-state index contributed by atoms with van der Waals surface area (Å²) in [6.07, 6.45) is 8.25. The highest BCUT2D eigenvalue weighted by molar-refractivity contribution is 5.76. The highest BCUT2D eigenvalue weighted by Gasteiger charge is 2.41. The largest absolute Gasteiger partial charge is 0.444 e. The number of nitrogens with zero attached hydrogens (tertiary/aromatic N) is 2. The Hall–Kier alpha value is -2.12. The Labute approximate surface area is 209 Å². The molecule has 1 aliphatic carbocycles. The van der Waals surface area contributed by atoms with E-state index in [0.717, 1.165) is 57.5 Å². The van der Waals surface area contributed by atoms with Crippen molar-refractivity contribution in [2.75, 3.05) is 45.9 Å². The molecule has 3 unspecified atom stereocenters. The maximum atomic E-state index is 12.9. The van der Waals surface area contributed by atoms with Crippen LogP contribution < -0.4 is 5.32 Å². The van der Waals surface area contributed by atoms with Gasteiger partial charge in [0, 0.05) is 45.6 Å². The van der Waals surface area contributed by atoms with Crippen LogP contribution in [0.2, 0.25) is 0 Å². The van der Waals surface area contributed by atoms with Crippen LogP contribution in [0.15, 0.2) is 30.3 Å². The van der Waals surface area contributed by atoms with Crippen LogP contribution in [0.3, 0.4) is 0 Å². The summed E-state index contributed by atoms with van der Waals surface area (Å²) in [6.45, 7) is 5.99. The zero-order chi connectivity index (χ0) is 24.0. The van der Waals surface area contributed by atoms with Crippen molar-refractivity contribution in [3.63, 3.8) is 0 Å². The lowest BCUT2D eigenvalue weighted by molar-refractivity contribution is -0.131. The quantitative estimate of drug-likeness (QED) is 0.605. The van der Waals surface area contributed by atoms with Gasteiger partial charge in [-0.05, 0) is 42.6 Å². The lowest BCUT2D eigenvalue weighted by Gasteiger charge is -2.26. The third-order valence-electron chi connectivity index (χ3n) is 8.49. The van der Waals surface area contributed by atoms with E-state index in [1.165, 1.54) is 32.1 Å². The third kappa shape index (κ3) is 6.56. The lowest BCUT2D eigenvalue weighted by Crippen LogP contribution is -2.36. The highest BCUT2D eigenvalue weighted by atomic mass is 16.6. The molecule has 5 rings (SSSR count). The second-order valence-electron chi connectivity index (χ2n) is 11.1. The molecule has 3 aliphatic heterocycles. The molecule has 0 spiro atoms. The van der Waals surface area contributed by atoms with Gasteiger partial charge in [0.15, 0.2) is 0 Å². The van der Waals surface area contributed by atoms with Gasteiger partial charge in [0.1, 0.15) is 6.10 Å². The number of hydrogen-bond donors (Lipinski definition) is 1. The van der Waals surface area contributed by atoms with Gasteiger partial charge >= 0.3 is 6.09 Å². The van der Waals surface area contributed by atoms with Crippen LogP contribution in [0.1, 0.15) is 63.0 Å². The van der Waals surface area contributed by atoms with Gasteiger partial charge in [0.25, 0.3) is 0 Å². The van der Waals surface area contributed by atoms with Gasteiger partial charge in [-0.15, -0.1) is 0 Å². The van der Waals surface area contributed by atoms with E-state index < -0.39 is 0 Å². The average Bonchev–Trinajstić information content (AvgIpc) is 3.60. The molecule has 0 bridgehead atoms. The van der Waals surface area contributed by atoms with Crippen molar-refractivity contribution in [2.45, 2.75) is 63.5 Å². The minimum Gasteiger partial charge on any atom is -0.444 e. The molecule has 2 amide bonds. The molecular formula is C28H41N3O4. The lowest BCUT2D eigenvalue weighted by atomic mass is 9.87. The first-order valence-electron chi connectivity index (χ1n) is 13.7. The van der Waals surface area contributed by atoms with Crippen LogP contribution in [0.5, 0.6) is 0 Å². The molecule has 0 aromatic heterocycles. The monoisotopic (exact) mass is 483 g/mol. The third-order valence-corrected chi connectivity index (χ3v) is 8.49. The van der Waals surface area contributed by atoms with Crippen molar-refractivity contribution < 1.29 is 19.1 Å². The van der Waals surface area contributed by atoms with E-state index in [2.05, 4.69) is 27.2 Å². The molecule has 35 heavy (non-hydrogen) atoms. The van der Waals surface area contributed by atoms with Crippen LogP contribution in [-0.2, 0) is 14.3 Å². The Bertz CT molecular complexity index is 824. The van der Waals surface area contributed by atoms with Crippen molar-refractivity contribution in [1.82, 2.24) is 15.1 Å². The fourth-order valence-corrected chi connectivity index (χ4v) is 6.50. The smallest absolute Gasteiger partial charge is 0.407 e. The summed E-state index contributed by atoms with van der Waals surface area (Å²) in [7, 11) is 0. The Balaban J connectivity index is 1.09. The predicted molar refractivity (Wildman–Crippen MR) is 134 cm³/mol. The molecule has 1 aromatic carbocycles. The fraction of sp³-hybridized carbons (Fsp3) is 0.714. The van der Waals surface area contributed by atoms with Gasteiger partial charge in [-0.25, -0.2) is 4.79 Å². The maximum absolute atomic E-state index is 12.9. The van der Waals surface area contributed by atoms with E-state index in [-0.39, 0.29) is 18.2 Å². The normalized spacial score (nSPS) is 28.1. The van der Waals surface area contributed by atoms with Gasteiger partial charge in [-0.2, -0.15) is 0 Å². The fourth-order valence-electron chi connectivity index (χ4n) is 6.50. The summed E-state index contributed by atoms with van der Waals surface area (Å²) in [5.74, 6) is 2.17. The Morgan fingerprint density at radius 3 is 2.43 bits per heavy atom. The molecule has 4 fully saturated rings. The van der Waals surface area contributed by atoms with E-state index in [1.54, 1.807) is 0 Å². The molecule has 3 saturated heterocycles. The Kier molecular flexibility index (Phi) is 8.24. The first kappa shape index (κ1) is 24.6. The van der Waals surface area contributed by atoms with Crippen LogP contribution >= 0.6 is 0 Å². The summed E-state index contributed by atoms with van der Waals surface area (Å²) >= 11 is 0. The van der Waals surface area contributed by atoms with E-state index in [4.69, 9.17) is 9.47 Å². The molecule has 7 heteroatoms. The molecule has 1 saturated carbocycles. The Morgan fingerprint density at radius 2 is 1.74 bits per heavy atom.